The Morgan fingerprint density at radius 1 is 1.00 bits per heavy atom. The summed E-state index contributed by atoms with van der Waals surface area (Å²) in [6.45, 7) is 1.80. The molecule has 2 heterocycles. The highest BCUT2D eigenvalue weighted by Crippen LogP contribution is 2.43. The number of hydrogen-bond acceptors (Lipinski definition) is 5. The van der Waals surface area contributed by atoms with Crippen LogP contribution in [0.25, 0.3) is 11.3 Å². The predicted octanol–water partition coefficient (Wildman–Crippen LogP) is 4.67. The van der Waals surface area contributed by atoms with Crippen molar-refractivity contribution in [3.8, 4) is 22.8 Å². The van der Waals surface area contributed by atoms with E-state index in [4.69, 9.17) is 13.9 Å². The molecule has 166 valence electrons. The van der Waals surface area contributed by atoms with Crippen molar-refractivity contribution in [3.05, 3.63) is 66.2 Å². The summed E-state index contributed by atoms with van der Waals surface area (Å²) < 4.78 is 17.3. The van der Waals surface area contributed by atoms with Crippen LogP contribution in [-0.4, -0.2) is 30.6 Å². The van der Waals surface area contributed by atoms with Crippen molar-refractivity contribution in [1.29, 1.82) is 0 Å². The molecule has 0 bridgehead atoms. The molecule has 6 nitrogen and oxygen atoms in total. The van der Waals surface area contributed by atoms with Gasteiger partial charge in [0.25, 0.3) is 0 Å². The van der Waals surface area contributed by atoms with Crippen molar-refractivity contribution in [2.75, 3.05) is 19.8 Å². The molecule has 1 N–H and O–H groups in total. The molecule has 6 heteroatoms. The lowest BCUT2D eigenvalue weighted by molar-refractivity contribution is -0.121. The molecule has 3 aromatic rings. The highest BCUT2D eigenvalue weighted by Gasteiger charge is 2.36. The van der Waals surface area contributed by atoms with E-state index in [0.29, 0.717) is 38.5 Å². The Labute approximate surface area is 188 Å². The Morgan fingerprint density at radius 3 is 2.59 bits per heavy atom. The molecule has 2 aliphatic rings. The minimum atomic E-state index is -0.0467. The Hall–Kier alpha value is -3.28. The minimum absolute atomic E-state index is 0.0216. The molecular weight excluding hydrogens is 404 g/mol. The average Bonchev–Trinajstić information content (AvgIpc) is 3.52. The van der Waals surface area contributed by atoms with Gasteiger partial charge in [-0.05, 0) is 30.5 Å². The number of oxazole rings is 1. The number of amides is 1. The number of hydrogen-bond donors (Lipinski definition) is 1. The first-order valence-electron chi connectivity index (χ1n) is 11.4. The number of aromatic nitrogens is 1. The first kappa shape index (κ1) is 20.6. The molecule has 1 fully saturated rings. The van der Waals surface area contributed by atoms with Crippen LogP contribution in [0.1, 0.15) is 43.6 Å². The summed E-state index contributed by atoms with van der Waals surface area (Å²) in [5.41, 5.74) is 2.16. The van der Waals surface area contributed by atoms with E-state index in [1.807, 2.05) is 36.4 Å². The lowest BCUT2D eigenvalue weighted by Gasteiger charge is -2.31. The van der Waals surface area contributed by atoms with Gasteiger partial charge in [0, 0.05) is 30.4 Å². The molecule has 0 radical (unpaired) electrons. The third-order valence-electron chi connectivity index (χ3n) is 6.52. The average molecular weight is 433 g/mol. The second kappa shape index (κ2) is 9.07. The Bertz CT molecular complexity index is 1070. The molecule has 1 amide bonds. The predicted molar refractivity (Wildman–Crippen MR) is 121 cm³/mol. The normalized spacial score (nSPS) is 16.6. The van der Waals surface area contributed by atoms with Gasteiger partial charge in [0.05, 0.1) is 6.20 Å². The lowest BCUT2D eigenvalue weighted by atomic mass is 9.78. The van der Waals surface area contributed by atoms with Crippen molar-refractivity contribution in [2.24, 2.45) is 0 Å². The van der Waals surface area contributed by atoms with Gasteiger partial charge in [-0.25, -0.2) is 4.98 Å². The van der Waals surface area contributed by atoms with Crippen LogP contribution >= 0.6 is 0 Å². The van der Waals surface area contributed by atoms with Crippen LogP contribution in [0.5, 0.6) is 11.5 Å². The number of aryl methyl sites for hydroxylation is 1. The van der Waals surface area contributed by atoms with E-state index in [1.165, 1.54) is 18.4 Å². The van der Waals surface area contributed by atoms with E-state index in [1.54, 1.807) is 6.20 Å². The van der Waals surface area contributed by atoms with Gasteiger partial charge in [-0.15, -0.1) is 0 Å². The zero-order valence-electron chi connectivity index (χ0n) is 18.1. The minimum Gasteiger partial charge on any atom is -0.486 e. The van der Waals surface area contributed by atoms with Crippen LogP contribution in [0.15, 0.2) is 59.1 Å². The summed E-state index contributed by atoms with van der Waals surface area (Å²) >= 11 is 0. The summed E-state index contributed by atoms with van der Waals surface area (Å²) in [6, 6.07) is 16.1. The number of fused-ring (bicyclic) bond motifs is 1. The molecule has 1 aliphatic heterocycles. The molecule has 5 rings (SSSR count). The van der Waals surface area contributed by atoms with E-state index in [0.717, 1.165) is 35.7 Å². The molecule has 1 aliphatic carbocycles. The highest BCUT2D eigenvalue weighted by molar-refractivity contribution is 5.76. The van der Waals surface area contributed by atoms with Crippen molar-refractivity contribution < 1.29 is 18.7 Å². The first-order valence-corrected chi connectivity index (χ1v) is 11.4. The number of carbonyl (C=O) groups excluding carboxylic acids is 1. The summed E-state index contributed by atoms with van der Waals surface area (Å²) in [4.78, 5) is 17.0. The van der Waals surface area contributed by atoms with Crippen molar-refractivity contribution in [1.82, 2.24) is 10.3 Å². The van der Waals surface area contributed by atoms with E-state index in [2.05, 4.69) is 22.4 Å². The molecule has 0 unspecified atom stereocenters. The van der Waals surface area contributed by atoms with Gasteiger partial charge < -0.3 is 19.2 Å². The molecule has 1 saturated carbocycles. The third kappa shape index (κ3) is 4.35. The zero-order chi connectivity index (χ0) is 21.8. The topological polar surface area (TPSA) is 73.6 Å². The molecule has 0 saturated heterocycles. The van der Waals surface area contributed by atoms with E-state index in [-0.39, 0.29) is 11.3 Å². The molecule has 0 spiro atoms. The first-order chi connectivity index (χ1) is 15.7. The van der Waals surface area contributed by atoms with Gasteiger partial charge in [-0.2, -0.15) is 0 Å². The fourth-order valence-electron chi connectivity index (χ4n) is 4.73. The van der Waals surface area contributed by atoms with Crippen LogP contribution in [0.3, 0.4) is 0 Å². The SMILES string of the molecule is O=C(CCc1ncc(-c2ccccc2)o1)NCC1(c2ccc3c(c2)OCCO3)CCCC1. The molecule has 2 aromatic carbocycles. The van der Waals surface area contributed by atoms with E-state index in [9.17, 15) is 4.79 Å². The molecular formula is C26H28N2O4. The van der Waals surface area contributed by atoms with Gasteiger partial charge in [0.2, 0.25) is 5.91 Å². The summed E-state index contributed by atoms with van der Waals surface area (Å²) in [6.07, 6.45) is 7.02. The molecule has 0 atom stereocenters. The maximum atomic E-state index is 12.6. The van der Waals surface area contributed by atoms with Crippen LogP contribution in [0.4, 0.5) is 0 Å². The van der Waals surface area contributed by atoms with Crippen LogP contribution in [0, 0.1) is 0 Å². The Balaban J connectivity index is 1.19. The molecule has 32 heavy (non-hydrogen) atoms. The Morgan fingerprint density at radius 2 is 1.78 bits per heavy atom. The standard InChI is InChI=1S/C26H28N2O4/c29-24(10-11-25-27-17-23(32-25)19-6-2-1-3-7-19)28-18-26(12-4-5-13-26)20-8-9-21-22(16-20)31-15-14-30-21/h1-3,6-9,16-17H,4-5,10-15,18H2,(H,28,29). The fourth-order valence-corrected chi connectivity index (χ4v) is 4.73. The summed E-state index contributed by atoms with van der Waals surface area (Å²) in [5.74, 6) is 2.95. The zero-order valence-corrected chi connectivity index (χ0v) is 18.1. The summed E-state index contributed by atoms with van der Waals surface area (Å²) in [5, 5.41) is 3.17. The quantitative estimate of drug-likeness (QED) is 0.587. The maximum absolute atomic E-state index is 12.6. The lowest BCUT2D eigenvalue weighted by Crippen LogP contribution is -2.39. The van der Waals surface area contributed by atoms with E-state index >= 15 is 0 Å². The van der Waals surface area contributed by atoms with Crippen molar-refractivity contribution in [2.45, 2.75) is 43.9 Å². The second-order valence-electron chi connectivity index (χ2n) is 8.61. The smallest absolute Gasteiger partial charge is 0.220 e. The molecule has 1 aromatic heterocycles. The number of benzene rings is 2. The number of nitrogens with zero attached hydrogens (tertiary/aromatic N) is 1. The number of nitrogens with one attached hydrogen (secondary N) is 1. The fraction of sp³-hybridized carbons (Fsp3) is 0.385. The van der Waals surface area contributed by atoms with Gasteiger partial charge >= 0.3 is 0 Å². The number of rotatable bonds is 7. The van der Waals surface area contributed by atoms with Crippen LogP contribution < -0.4 is 14.8 Å². The monoisotopic (exact) mass is 432 g/mol. The third-order valence-corrected chi connectivity index (χ3v) is 6.52. The van der Waals surface area contributed by atoms with Gasteiger partial charge in [-0.1, -0.05) is 49.2 Å². The Kier molecular flexibility index (Phi) is 5.84. The van der Waals surface area contributed by atoms with Crippen LogP contribution in [0.2, 0.25) is 0 Å². The van der Waals surface area contributed by atoms with E-state index < -0.39 is 0 Å². The van der Waals surface area contributed by atoms with Crippen molar-refractivity contribution in [3.63, 3.8) is 0 Å². The highest BCUT2D eigenvalue weighted by atomic mass is 16.6. The number of carbonyl (C=O) groups is 1. The number of ether oxygens (including phenoxy) is 2. The van der Waals surface area contributed by atoms with Gasteiger partial charge in [0.15, 0.2) is 23.1 Å². The van der Waals surface area contributed by atoms with Gasteiger partial charge in [0.1, 0.15) is 13.2 Å². The maximum Gasteiger partial charge on any atom is 0.220 e. The summed E-state index contributed by atoms with van der Waals surface area (Å²) in [7, 11) is 0. The second-order valence-corrected chi connectivity index (χ2v) is 8.61. The van der Waals surface area contributed by atoms with Crippen molar-refractivity contribution >= 4 is 5.91 Å². The van der Waals surface area contributed by atoms with Crippen LogP contribution in [-0.2, 0) is 16.6 Å². The van der Waals surface area contributed by atoms with Gasteiger partial charge in [-0.3, -0.25) is 4.79 Å². The largest absolute Gasteiger partial charge is 0.486 e.